The summed E-state index contributed by atoms with van der Waals surface area (Å²) < 4.78 is 2.69. The second-order valence-electron chi connectivity index (χ2n) is 5.69. The second-order valence-corrected chi connectivity index (χ2v) is 9.17. The monoisotopic (exact) mass is 453 g/mol. The molecule has 146 valence electrons. The molecule has 0 saturated heterocycles. The third-order valence-corrected chi connectivity index (χ3v) is 6.67. The minimum atomic E-state index is -0.421. The first-order chi connectivity index (χ1) is 13.5. The molecule has 1 amide bonds. The van der Waals surface area contributed by atoms with Crippen molar-refractivity contribution >= 4 is 68.3 Å². The van der Waals surface area contributed by atoms with Gasteiger partial charge in [-0.25, -0.2) is 0 Å². The number of hydrogen-bond donors (Lipinski definition) is 0. The molecule has 3 aromatic rings. The van der Waals surface area contributed by atoms with Crippen LogP contribution in [0, 0.1) is 10.1 Å². The van der Waals surface area contributed by atoms with Crippen molar-refractivity contribution in [2.75, 3.05) is 17.8 Å². The Morgan fingerprint density at radius 2 is 2.04 bits per heavy atom. The average molecular weight is 454 g/mol. The number of aryl methyl sites for hydroxylation is 1. The number of fused-ring (bicyclic) bond motifs is 1. The lowest BCUT2D eigenvalue weighted by Crippen LogP contribution is -2.18. The Kier molecular flexibility index (Phi) is 7.17. The van der Waals surface area contributed by atoms with Gasteiger partial charge in [0.15, 0.2) is 4.80 Å². The summed E-state index contributed by atoms with van der Waals surface area (Å²) in [6, 6.07) is 12.0. The fraction of sp³-hybridized carbons (Fsp3) is 0.222. The van der Waals surface area contributed by atoms with Gasteiger partial charge in [-0.3, -0.25) is 14.9 Å². The number of rotatable bonds is 7. The Morgan fingerprint density at radius 1 is 1.29 bits per heavy atom. The van der Waals surface area contributed by atoms with Gasteiger partial charge in [-0.15, -0.1) is 11.8 Å². The number of amides is 1. The van der Waals surface area contributed by atoms with Crippen molar-refractivity contribution in [3.8, 4) is 0 Å². The molecule has 28 heavy (non-hydrogen) atoms. The average Bonchev–Trinajstić information content (AvgIpc) is 3.01. The van der Waals surface area contributed by atoms with Gasteiger partial charge < -0.3 is 4.57 Å². The third-order valence-electron chi connectivity index (χ3n) is 3.79. The van der Waals surface area contributed by atoms with E-state index in [0.717, 1.165) is 20.9 Å². The molecule has 6 nitrogen and oxygen atoms in total. The zero-order valence-electron chi connectivity index (χ0n) is 14.8. The lowest BCUT2D eigenvalue weighted by molar-refractivity contribution is -0.384. The molecule has 0 fully saturated rings. The van der Waals surface area contributed by atoms with Crippen LogP contribution >= 0.6 is 46.5 Å². The van der Waals surface area contributed by atoms with E-state index in [2.05, 4.69) is 4.99 Å². The Bertz CT molecular complexity index is 1080. The van der Waals surface area contributed by atoms with Crippen LogP contribution in [0.5, 0.6) is 0 Å². The quantitative estimate of drug-likeness (QED) is 0.290. The van der Waals surface area contributed by atoms with Crippen molar-refractivity contribution in [2.24, 2.45) is 4.99 Å². The van der Waals surface area contributed by atoms with Crippen LogP contribution in [0.15, 0.2) is 52.4 Å². The number of nitro benzene ring substituents is 1. The Morgan fingerprint density at radius 3 is 2.71 bits per heavy atom. The van der Waals surface area contributed by atoms with Gasteiger partial charge in [0.1, 0.15) is 0 Å². The van der Waals surface area contributed by atoms with Gasteiger partial charge in [0.05, 0.1) is 20.9 Å². The number of thiazole rings is 1. The molecule has 1 aromatic heterocycles. The van der Waals surface area contributed by atoms with Crippen molar-refractivity contribution < 1.29 is 9.72 Å². The molecule has 3 rings (SSSR count). The Balaban J connectivity index is 1.89. The van der Waals surface area contributed by atoms with Gasteiger partial charge in [0, 0.05) is 34.3 Å². The van der Waals surface area contributed by atoms with E-state index in [0.29, 0.717) is 16.4 Å². The summed E-state index contributed by atoms with van der Waals surface area (Å²) >= 11 is 10.2. The lowest BCUT2D eigenvalue weighted by atomic mass is 10.3. The molecule has 0 aliphatic carbocycles. The van der Waals surface area contributed by atoms with E-state index < -0.39 is 4.92 Å². The summed E-state index contributed by atoms with van der Waals surface area (Å²) in [5.74, 6) is 0.807. The van der Waals surface area contributed by atoms with Crippen molar-refractivity contribution in [3.63, 3.8) is 0 Å². The first-order valence-electron chi connectivity index (χ1n) is 8.20. The molecular formula is C18H16ClN3O3S3. The van der Waals surface area contributed by atoms with Gasteiger partial charge in [-0.1, -0.05) is 22.9 Å². The van der Waals surface area contributed by atoms with Crippen molar-refractivity contribution in [2.45, 2.75) is 11.4 Å². The minimum absolute atomic E-state index is 0.0296. The molecule has 10 heteroatoms. The highest BCUT2D eigenvalue weighted by molar-refractivity contribution is 8.00. The molecular weight excluding hydrogens is 438 g/mol. The van der Waals surface area contributed by atoms with Crippen LogP contribution in [0.1, 0.15) is 0 Å². The van der Waals surface area contributed by atoms with Crippen LogP contribution in [0.25, 0.3) is 10.2 Å². The molecule has 0 N–H and O–H groups in total. The van der Waals surface area contributed by atoms with Crippen LogP contribution in [0.2, 0.25) is 5.02 Å². The van der Waals surface area contributed by atoms with Gasteiger partial charge in [-0.2, -0.15) is 16.8 Å². The topological polar surface area (TPSA) is 77.5 Å². The SMILES string of the molecule is CSCCn1c(=NC(=O)CSc2ccc(Cl)cc2)sc2cc([N+](=O)[O-])ccc21. The van der Waals surface area contributed by atoms with Crippen molar-refractivity contribution in [1.82, 2.24) is 4.57 Å². The second kappa shape index (κ2) is 9.60. The summed E-state index contributed by atoms with van der Waals surface area (Å²) in [6.45, 7) is 0.676. The molecule has 0 saturated carbocycles. The summed E-state index contributed by atoms with van der Waals surface area (Å²) in [4.78, 5) is 28.8. The van der Waals surface area contributed by atoms with Crippen LogP contribution in [-0.2, 0) is 11.3 Å². The van der Waals surface area contributed by atoms with Gasteiger partial charge in [0.2, 0.25) is 0 Å². The van der Waals surface area contributed by atoms with Crippen LogP contribution in [-0.4, -0.2) is 33.2 Å². The fourth-order valence-electron chi connectivity index (χ4n) is 2.47. The molecule has 1 heterocycles. The highest BCUT2D eigenvalue weighted by atomic mass is 35.5. The van der Waals surface area contributed by atoms with E-state index in [1.807, 2.05) is 23.0 Å². The van der Waals surface area contributed by atoms with Crippen molar-refractivity contribution in [1.29, 1.82) is 0 Å². The third kappa shape index (κ3) is 5.16. The van der Waals surface area contributed by atoms with Crippen LogP contribution in [0.4, 0.5) is 5.69 Å². The normalized spacial score (nSPS) is 11.9. The lowest BCUT2D eigenvalue weighted by Gasteiger charge is -2.03. The number of nitrogens with zero attached hydrogens (tertiary/aromatic N) is 3. The summed E-state index contributed by atoms with van der Waals surface area (Å²) in [5.41, 5.74) is 0.878. The molecule has 0 spiro atoms. The van der Waals surface area contributed by atoms with E-state index in [1.54, 1.807) is 30.0 Å². The number of halogens is 1. The highest BCUT2D eigenvalue weighted by Crippen LogP contribution is 2.24. The fourth-order valence-corrected chi connectivity index (χ4v) is 4.76. The Hall–Kier alpha value is -1.81. The summed E-state index contributed by atoms with van der Waals surface area (Å²) in [5, 5.41) is 11.7. The summed E-state index contributed by atoms with van der Waals surface area (Å²) in [6.07, 6.45) is 2.00. The highest BCUT2D eigenvalue weighted by Gasteiger charge is 2.13. The first kappa shape index (κ1) is 20.9. The number of non-ortho nitro benzene ring substituents is 1. The van der Waals surface area contributed by atoms with Gasteiger partial charge in [0.25, 0.3) is 11.6 Å². The van der Waals surface area contributed by atoms with Crippen molar-refractivity contribution in [3.05, 3.63) is 62.4 Å². The molecule has 0 aliphatic rings. The number of carbonyl (C=O) groups is 1. The molecule has 0 bridgehead atoms. The van der Waals surface area contributed by atoms with E-state index in [-0.39, 0.29) is 17.3 Å². The van der Waals surface area contributed by atoms with Gasteiger partial charge >= 0.3 is 0 Å². The number of nitro groups is 1. The van der Waals surface area contributed by atoms with Crippen LogP contribution in [0.3, 0.4) is 0 Å². The zero-order chi connectivity index (χ0) is 20.1. The largest absolute Gasteiger partial charge is 0.316 e. The number of hydrogen-bond acceptors (Lipinski definition) is 6. The standard InChI is InChI=1S/C18H16ClN3O3S3/c1-26-9-8-21-15-7-4-13(22(24)25)10-16(15)28-18(21)20-17(23)11-27-14-5-2-12(19)3-6-14/h2-7,10H,8-9,11H2,1H3. The first-order valence-corrected chi connectivity index (χ1v) is 11.8. The maximum Gasteiger partial charge on any atom is 0.270 e. The number of thioether (sulfide) groups is 2. The van der Waals surface area contributed by atoms with E-state index in [1.165, 1.54) is 35.2 Å². The number of benzene rings is 2. The Labute approximate surface area is 178 Å². The smallest absolute Gasteiger partial charge is 0.270 e. The maximum atomic E-state index is 12.4. The van der Waals surface area contributed by atoms with Crippen LogP contribution < -0.4 is 4.80 Å². The predicted octanol–water partition coefficient (Wildman–Crippen LogP) is 4.85. The van der Waals surface area contributed by atoms with E-state index in [4.69, 9.17) is 11.6 Å². The molecule has 2 aromatic carbocycles. The molecule has 0 unspecified atom stereocenters. The number of aromatic nitrogens is 1. The molecule has 0 radical (unpaired) electrons. The minimum Gasteiger partial charge on any atom is -0.316 e. The predicted molar refractivity (Wildman–Crippen MR) is 118 cm³/mol. The van der Waals surface area contributed by atoms with Gasteiger partial charge in [-0.05, 0) is 36.6 Å². The summed E-state index contributed by atoms with van der Waals surface area (Å²) in [7, 11) is 0. The molecule has 0 aliphatic heterocycles. The van der Waals surface area contributed by atoms with E-state index >= 15 is 0 Å². The van der Waals surface area contributed by atoms with E-state index in [9.17, 15) is 14.9 Å². The zero-order valence-corrected chi connectivity index (χ0v) is 18.0. The maximum absolute atomic E-state index is 12.4. The number of carbonyl (C=O) groups excluding carboxylic acids is 1. The molecule has 0 atom stereocenters.